The summed E-state index contributed by atoms with van der Waals surface area (Å²) in [7, 11) is 0. The van der Waals surface area contributed by atoms with Crippen LogP contribution in [0.3, 0.4) is 0 Å². The molecule has 0 heterocycles. The Hall–Kier alpha value is -0.790. The fraction of sp³-hybridized carbons (Fsp3) is 0.850. The Morgan fingerprint density at radius 2 is 1.73 bits per heavy atom. The van der Waals surface area contributed by atoms with Crippen LogP contribution >= 0.6 is 0 Å². The molecule has 5 unspecified atom stereocenters. The molecule has 2 heteroatoms. The second kappa shape index (κ2) is 4.19. The van der Waals surface area contributed by atoms with Crippen LogP contribution in [-0.4, -0.2) is 11.1 Å². The fourth-order valence-corrected chi connectivity index (χ4v) is 7.43. The molecule has 5 atom stereocenters. The minimum absolute atomic E-state index is 0.190. The SMILES string of the molecule is CC1(C)CCCC2(C)C1CCC13C=CC(C(=O)O)(CCC12)C3. The van der Waals surface area contributed by atoms with Gasteiger partial charge in [-0.1, -0.05) is 39.3 Å². The number of carboxylic acids is 1. The van der Waals surface area contributed by atoms with Gasteiger partial charge in [0, 0.05) is 0 Å². The molecule has 1 spiro atoms. The lowest BCUT2D eigenvalue weighted by Gasteiger charge is -2.64. The van der Waals surface area contributed by atoms with Crippen LogP contribution in [0.15, 0.2) is 12.2 Å². The van der Waals surface area contributed by atoms with Crippen molar-refractivity contribution in [2.45, 2.75) is 72.1 Å². The Labute approximate surface area is 134 Å². The zero-order chi connectivity index (χ0) is 15.8. The second-order valence-electron chi connectivity index (χ2n) is 9.74. The summed E-state index contributed by atoms with van der Waals surface area (Å²) in [5.41, 5.74) is 0.525. The summed E-state index contributed by atoms with van der Waals surface area (Å²) < 4.78 is 0. The van der Waals surface area contributed by atoms with Crippen molar-refractivity contribution in [1.82, 2.24) is 0 Å². The van der Waals surface area contributed by atoms with Crippen molar-refractivity contribution in [3.63, 3.8) is 0 Å². The lowest BCUT2D eigenvalue weighted by Crippen LogP contribution is -2.57. The van der Waals surface area contributed by atoms with Gasteiger partial charge in [-0.3, -0.25) is 4.79 Å². The molecule has 0 aliphatic heterocycles. The minimum atomic E-state index is -0.588. The van der Waals surface area contributed by atoms with E-state index in [0.29, 0.717) is 16.7 Å². The molecule has 4 rings (SSSR count). The summed E-state index contributed by atoms with van der Waals surface area (Å²) in [6, 6.07) is 0. The van der Waals surface area contributed by atoms with Crippen molar-refractivity contribution in [1.29, 1.82) is 0 Å². The van der Waals surface area contributed by atoms with E-state index in [1.54, 1.807) is 0 Å². The predicted molar refractivity (Wildman–Crippen MR) is 87.4 cm³/mol. The summed E-state index contributed by atoms with van der Waals surface area (Å²) in [5.74, 6) is 0.926. The molecule has 0 aromatic rings. The molecule has 2 nitrogen and oxygen atoms in total. The van der Waals surface area contributed by atoms with Crippen LogP contribution < -0.4 is 0 Å². The third-order valence-corrected chi connectivity index (χ3v) is 8.35. The van der Waals surface area contributed by atoms with Crippen LogP contribution in [0.4, 0.5) is 0 Å². The van der Waals surface area contributed by atoms with E-state index in [0.717, 1.165) is 25.2 Å². The molecule has 0 aromatic heterocycles. The third-order valence-electron chi connectivity index (χ3n) is 8.35. The number of hydrogen-bond donors (Lipinski definition) is 1. The van der Waals surface area contributed by atoms with Crippen molar-refractivity contribution in [3.05, 3.63) is 12.2 Å². The molecule has 122 valence electrons. The summed E-state index contributed by atoms with van der Waals surface area (Å²) in [6.45, 7) is 7.49. The lowest BCUT2D eigenvalue weighted by molar-refractivity contribution is -0.163. The van der Waals surface area contributed by atoms with Gasteiger partial charge in [0.1, 0.15) is 0 Å². The number of fused-ring (bicyclic) bond motifs is 3. The van der Waals surface area contributed by atoms with Crippen LogP contribution in [0.5, 0.6) is 0 Å². The lowest BCUT2D eigenvalue weighted by atomic mass is 9.40. The standard InChI is InChI=1S/C20H30O2/c1-17(2)7-4-8-18(3)14(17)5-9-19-11-12-20(13-19,16(21)22)10-6-15(18)19/h11-12,14-15H,4-10,13H2,1-3H3,(H,21,22). The Kier molecular flexibility index (Phi) is 2.81. The van der Waals surface area contributed by atoms with E-state index in [2.05, 4.69) is 32.9 Å². The Morgan fingerprint density at radius 1 is 1.00 bits per heavy atom. The minimum Gasteiger partial charge on any atom is -0.481 e. The molecule has 22 heavy (non-hydrogen) atoms. The highest BCUT2D eigenvalue weighted by Gasteiger charge is 2.64. The number of aliphatic carboxylic acids is 1. The van der Waals surface area contributed by atoms with Gasteiger partial charge in [0.25, 0.3) is 0 Å². The maximum absolute atomic E-state index is 11.8. The van der Waals surface area contributed by atoms with Crippen LogP contribution in [0.2, 0.25) is 0 Å². The van der Waals surface area contributed by atoms with Gasteiger partial charge >= 0.3 is 5.97 Å². The van der Waals surface area contributed by atoms with E-state index in [9.17, 15) is 9.90 Å². The zero-order valence-electron chi connectivity index (χ0n) is 14.3. The highest BCUT2D eigenvalue weighted by Crippen LogP contribution is 2.71. The van der Waals surface area contributed by atoms with E-state index in [-0.39, 0.29) is 5.41 Å². The van der Waals surface area contributed by atoms with Gasteiger partial charge in [0.2, 0.25) is 0 Å². The highest BCUT2D eigenvalue weighted by molar-refractivity contribution is 5.78. The molecule has 0 amide bonds. The number of rotatable bonds is 1. The largest absolute Gasteiger partial charge is 0.481 e. The quantitative estimate of drug-likeness (QED) is 0.689. The molecular formula is C20H30O2. The van der Waals surface area contributed by atoms with Gasteiger partial charge < -0.3 is 5.11 Å². The van der Waals surface area contributed by atoms with Crippen LogP contribution in [0.1, 0.15) is 72.1 Å². The first kappa shape index (κ1) is 14.8. The van der Waals surface area contributed by atoms with Crippen LogP contribution in [0, 0.1) is 33.5 Å². The topological polar surface area (TPSA) is 37.3 Å². The summed E-state index contributed by atoms with van der Waals surface area (Å²) in [5, 5.41) is 9.73. The van der Waals surface area contributed by atoms with Crippen LogP contribution in [-0.2, 0) is 4.79 Å². The van der Waals surface area contributed by atoms with Gasteiger partial charge in [0.15, 0.2) is 0 Å². The average molecular weight is 302 g/mol. The molecule has 0 aromatic carbocycles. The molecule has 4 aliphatic rings. The number of carboxylic acid groups (broad SMARTS) is 1. The number of carbonyl (C=O) groups is 1. The average Bonchev–Trinajstić information content (AvgIpc) is 2.71. The molecule has 0 saturated heterocycles. The molecular weight excluding hydrogens is 272 g/mol. The number of allylic oxidation sites excluding steroid dienone is 1. The van der Waals surface area contributed by atoms with Crippen molar-refractivity contribution in [2.75, 3.05) is 0 Å². The van der Waals surface area contributed by atoms with E-state index in [4.69, 9.17) is 0 Å². The highest BCUT2D eigenvalue weighted by atomic mass is 16.4. The van der Waals surface area contributed by atoms with E-state index in [1.165, 1.54) is 32.1 Å². The van der Waals surface area contributed by atoms with Gasteiger partial charge in [-0.05, 0) is 73.0 Å². The first-order valence-corrected chi connectivity index (χ1v) is 9.18. The molecule has 4 aliphatic carbocycles. The monoisotopic (exact) mass is 302 g/mol. The summed E-state index contributed by atoms with van der Waals surface area (Å²) in [6.07, 6.45) is 13.8. The molecule has 3 saturated carbocycles. The summed E-state index contributed by atoms with van der Waals surface area (Å²) in [4.78, 5) is 11.8. The smallest absolute Gasteiger partial charge is 0.313 e. The van der Waals surface area contributed by atoms with Crippen molar-refractivity contribution < 1.29 is 9.90 Å². The molecule has 0 radical (unpaired) electrons. The van der Waals surface area contributed by atoms with Gasteiger partial charge in [-0.15, -0.1) is 0 Å². The molecule has 2 bridgehead atoms. The Balaban J connectivity index is 1.73. The molecule has 3 fully saturated rings. The van der Waals surface area contributed by atoms with Gasteiger partial charge in [-0.25, -0.2) is 0 Å². The van der Waals surface area contributed by atoms with Crippen molar-refractivity contribution >= 4 is 5.97 Å². The van der Waals surface area contributed by atoms with Crippen LogP contribution in [0.25, 0.3) is 0 Å². The van der Waals surface area contributed by atoms with Gasteiger partial charge in [-0.2, -0.15) is 0 Å². The maximum Gasteiger partial charge on any atom is 0.313 e. The second-order valence-corrected chi connectivity index (χ2v) is 9.74. The predicted octanol–water partition coefficient (Wildman–Crippen LogP) is 5.04. The van der Waals surface area contributed by atoms with E-state index < -0.39 is 11.4 Å². The Bertz CT molecular complexity index is 548. The first-order chi connectivity index (χ1) is 10.2. The van der Waals surface area contributed by atoms with E-state index in [1.807, 2.05) is 0 Å². The first-order valence-electron chi connectivity index (χ1n) is 9.18. The summed E-state index contributed by atoms with van der Waals surface area (Å²) >= 11 is 0. The van der Waals surface area contributed by atoms with Gasteiger partial charge in [0.05, 0.1) is 5.41 Å². The normalized spacial score (nSPS) is 52.0. The number of hydrogen-bond acceptors (Lipinski definition) is 1. The molecule has 1 N–H and O–H groups in total. The van der Waals surface area contributed by atoms with E-state index >= 15 is 0 Å². The fourth-order valence-electron chi connectivity index (χ4n) is 7.43. The van der Waals surface area contributed by atoms with Crippen molar-refractivity contribution in [3.8, 4) is 0 Å². The Morgan fingerprint density at radius 3 is 2.45 bits per heavy atom. The third kappa shape index (κ3) is 1.65. The zero-order valence-corrected chi connectivity index (χ0v) is 14.3. The maximum atomic E-state index is 11.8. The van der Waals surface area contributed by atoms with Crippen molar-refractivity contribution in [2.24, 2.45) is 33.5 Å².